The van der Waals surface area contributed by atoms with Gasteiger partial charge in [0.2, 0.25) is 0 Å². The maximum atomic E-state index is 2.60. The van der Waals surface area contributed by atoms with E-state index in [1.54, 1.807) is 5.57 Å². The van der Waals surface area contributed by atoms with Crippen molar-refractivity contribution in [3.05, 3.63) is 161 Å². The first-order valence-corrected chi connectivity index (χ1v) is 19.5. The highest BCUT2D eigenvalue weighted by Crippen LogP contribution is 2.54. The Balaban J connectivity index is 1.12. The van der Waals surface area contributed by atoms with Crippen LogP contribution in [-0.4, -0.2) is 10.6 Å². The van der Waals surface area contributed by atoms with Crippen molar-refractivity contribution in [3.63, 3.8) is 0 Å². The summed E-state index contributed by atoms with van der Waals surface area (Å²) in [4.78, 5) is 2.60. The fraction of sp³-hybridized carbons (Fsp3) is 0.280. The van der Waals surface area contributed by atoms with Gasteiger partial charge in [0, 0.05) is 33.4 Å². The Hall–Kier alpha value is -5.08. The van der Waals surface area contributed by atoms with E-state index in [1.165, 1.54) is 110 Å². The fourth-order valence-corrected chi connectivity index (χ4v) is 9.98. The van der Waals surface area contributed by atoms with E-state index >= 15 is 0 Å². The van der Waals surface area contributed by atoms with Gasteiger partial charge in [-0.25, -0.2) is 0 Å². The summed E-state index contributed by atoms with van der Waals surface area (Å²) in [5.41, 5.74) is 18.5. The van der Waals surface area contributed by atoms with Gasteiger partial charge in [0.15, 0.2) is 0 Å². The summed E-state index contributed by atoms with van der Waals surface area (Å²) in [6.45, 7) is 11.5. The number of anilines is 2. The second-order valence-corrected chi connectivity index (χ2v) is 16.2. The molecule has 1 heterocycles. The van der Waals surface area contributed by atoms with E-state index in [2.05, 4.69) is 172 Å². The molecule has 3 aliphatic rings. The SMILES string of the molecule is Cc1cc(C)c(N(c2ccc(-c3ccc4c5c(n(-c6ccccc6)c4c3)-c3ccccc3C5(C)C)cc2)C2C=CC(C3CCCCC3)=CC2)c(C)c1. The lowest BCUT2D eigenvalue weighted by molar-refractivity contribution is 0.406. The molecule has 0 N–H and O–H groups in total. The summed E-state index contributed by atoms with van der Waals surface area (Å²) >= 11 is 0. The van der Waals surface area contributed by atoms with Crippen molar-refractivity contribution >= 4 is 22.3 Å². The van der Waals surface area contributed by atoms with Crippen LogP contribution in [-0.2, 0) is 5.41 Å². The van der Waals surface area contributed by atoms with Crippen LogP contribution in [0.25, 0.3) is 39.0 Å². The van der Waals surface area contributed by atoms with Crippen LogP contribution in [0.3, 0.4) is 0 Å². The Morgan fingerprint density at radius 3 is 2.12 bits per heavy atom. The first-order valence-electron chi connectivity index (χ1n) is 19.5. The molecular weight excluding hydrogens is 629 g/mol. The maximum absolute atomic E-state index is 2.60. The first kappa shape index (κ1) is 32.8. The number of para-hydroxylation sites is 1. The largest absolute Gasteiger partial charge is 0.334 e. The zero-order valence-corrected chi connectivity index (χ0v) is 31.4. The molecule has 9 rings (SSSR count). The van der Waals surface area contributed by atoms with Crippen LogP contribution < -0.4 is 4.90 Å². The second-order valence-electron chi connectivity index (χ2n) is 16.2. The van der Waals surface area contributed by atoms with Crippen LogP contribution in [0.5, 0.6) is 0 Å². The Morgan fingerprint density at radius 2 is 1.40 bits per heavy atom. The van der Waals surface area contributed by atoms with E-state index < -0.39 is 0 Å². The van der Waals surface area contributed by atoms with E-state index in [9.17, 15) is 0 Å². The van der Waals surface area contributed by atoms with E-state index in [0.717, 1.165) is 12.3 Å². The summed E-state index contributed by atoms with van der Waals surface area (Å²) < 4.78 is 2.51. The summed E-state index contributed by atoms with van der Waals surface area (Å²) in [5.74, 6) is 0.740. The molecule has 1 atom stereocenters. The topological polar surface area (TPSA) is 8.17 Å². The number of aryl methyl sites for hydroxylation is 3. The van der Waals surface area contributed by atoms with Crippen LogP contribution in [0.4, 0.5) is 11.4 Å². The molecule has 0 aliphatic heterocycles. The molecule has 1 saturated carbocycles. The van der Waals surface area contributed by atoms with Gasteiger partial charge in [0.1, 0.15) is 0 Å². The molecule has 0 radical (unpaired) electrons. The molecule has 3 aliphatic carbocycles. The molecule has 2 heteroatoms. The lowest BCUT2D eigenvalue weighted by Gasteiger charge is -2.36. The highest BCUT2D eigenvalue weighted by Gasteiger charge is 2.40. The molecule has 1 unspecified atom stereocenters. The van der Waals surface area contributed by atoms with Crippen LogP contribution >= 0.6 is 0 Å². The number of nitrogens with zero attached hydrogens (tertiary/aromatic N) is 2. The highest BCUT2D eigenvalue weighted by atomic mass is 15.2. The van der Waals surface area contributed by atoms with E-state index in [1.807, 2.05) is 0 Å². The molecular formula is C50H50N2. The molecule has 1 fully saturated rings. The predicted molar refractivity (Wildman–Crippen MR) is 221 cm³/mol. The third kappa shape index (κ3) is 5.38. The zero-order valence-electron chi connectivity index (χ0n) is 31.4. The number of hydrogen-bond acceptors (Lipinski definition) is 1. The van der Waals surface area contributed by atoms with Gasteiger partial charge in [-0.15, -0.1) is 0 Å². The normalized spacial score (nSPS) is 17.9. The van der Waals surface area contributed by atoms with Crippen LogP contribution in [0.15, 0.2) is 133 Å². The number of rotatable bonds is 6. The van der Waals surface area contributed by atoms with Gasteiger partial charge in [-0.1, -0.05) is 136 Å². The number of aromatic nitrogens is 1. The van der Waals surface area contributed by atoms with Gasteiger partial charge in [-0.2, -0.15) is 0 Å². The average Bonchev–Trinajstić information content (AvgIpc) is 3.63. The number of fused-ring (bicyclic) bond motifs is 5. The van der Waals surface area contributed by atoms with Crippen molar-refractivity contribution in [1.29, 1.82) is 0 Å². The predicted octanol–water partition coefficient (Wildman–Crippen LogP) is 13.5. The lowest BCUT2D eigenvalue weighted by Crippen LogP contribution is -2.31. The Kier molecular flexibility index (Phi) is 8.11. The van der Waals surface area contributed by atoms with Crippen LogP contribution in [0, 0.1) is 26.7 Å². The Morgan fingerprint density at radius 1 is 0.712 bits per heavy atom. The molecule has 2 nitrogen and oxygen atoms in total. The van der Waals surface area contributed by atoms with Crippen molar-refractivity contribution < 1.29 is 0 Å². The number of allylic oxidation sites excluding steroid dienone is 2. The van der Waals surface area contributed by atoms with Gasteiger partial charge >= 0.3 is 0 Å². The highest BCUT2D eigenvalue weighted by molar-refractivity contribution is 6.01. The van der Waals surface area contributed by atoms with Gasteiger partial charge in [-0.3, -0.25) is 0 Å². The molecule has 6 aromatic rings. The van der Waals surface area contributed by atoms with Gasteiger partial charge < -0.3 is 9.47 Å². The second kappa shape index (κ2) is 12.8. The third-order valence-electron chi connectivity index (χ3n) is 12.3. The zero-order chi connectivity index (χ0) is 35.6. The molecule has 0 spiro atoms. The monoisotopic (exact) mass is 678 g/mol. The van der Waals surface area contributed by atoms with Gasteiger partial charge in [-0.05, 0) is 115 Å². The molecule has 0 amide bonds. The van der Waals surface area contributed by atoms with Crippen LogP contribution in [0.1, 0.15) is 80.2 Å². The summed E-state index contributed by atoms with van der Waals surface area (Å²) in [7, 11) is 0. The standard InChI is InChI=1S/C50H50N2/c1-33-30-34(2)48(35(3)31-33)51(41-25-20-37(21-26-41)36-14-8-6-9-15-36)42-27-22-38(23-28-42)39-24-29-44-46(32-39)52(40-16-10-7-11-17-40)49-43-18-12-13-19-45(43)50(4,5)47(44)49/h7,10-13,16-25,27-32,36,41H,6,8-9,14-15,26H2,1-5H3. The van der Waals surface area contributed by atoms with E-state index in [-0.39, 0.29) is 11.5 Å². The van der Waals surface area contributed by atoms with Crippen molar-refractivity contribution in [3.8, 4) is 28.1 Å². The third-order valence-corrected chi connectivity index (χ3v) is 12.3. The lowest BCUT2D eigenvalue weighted by atomic mass is 9.81. The number of hydrogen-bond donors (Lipinski definition) is 0. The first-order chi connectivity index (χ1) is 25.3. The van der Waals surface area contributed by atoms with Crippen molar-refractivity contribution in [2.75, 3.05) is 4.90 Å². The molecule has 0 saturated heterocycles. The maximum Gasteiger partial charge on any atom is 0.0584 e. The quantitative estimate of drug-likeness (QED) is 0.170. The molecule has 260 valence electrons. The van der Waals surface area contributed by atoms with Gasteiger partial charge in [0.05, 0.1) is 17.3 Å². The Bertz CT molecular complexity index is 2340. The minimum atomic E-state index is -0.0804. The summed E-state index contributed by atoms with van der Waals surface area (Å²) in [6, 6.07) is 41.3. The summed E-state index contributed by atoms with van der Waals surface area (Å²) in [6.07, 6.45) is 15.4. The van der Waals surface area contributed by atoms with E-state index in [0.29, 0.717) is 0 Å². The van der Waals surface area contributed by atoms with Crippen LogP contribution in [0.2, 0.25) is 0 Å². The van der Waals surface area contributed by atoms with E-state index in [4.69, 9.17) is 0 Å². The fourth-order valence-electron chi connectivity index (χ4n) is 9.98. The van der Waals surface area contributed by atoms with Crippen molar-refractivity contribution in [1.82, 2.24) is 4.57 Å². The minimum Gasteiger partial charge on any atom is -0.334 e. The molecule has 52 heavy (non-hydrogen) atoms. The molecule has 5 aromatic carbocycles. The molecule has 1 aromatic heterocycles. The van der Waals surface area contributed by atoms with Crippen molar-refractivity contribution in [2.45, 2.75) is 84.6 Å². The minimum absolute atomic E-state index is 0.0804. The average molecular weight is 679 g/mol. The smallest absolute Gasteiger partial charge is 0.0584 e. The van der Waals surface area contributed by atoms with Crippen molar-refractivity contribution in [2.24, 2.45) is 5.92 Å². The Labute approximate surface area is 310 Å². The van der Waals surface area contributed by atoms with Gasteiger partial charge in [0.25, 0.3) is 0 Å². The molecule has 0 bridgehead atoms. The summed E-state index contributed by atoms with van der Waals surface area (Å²) in [5, 5.41) is 1.33. The number of benzene rings is 5.